The Bertz CT molecular complexity index is 707. The average molecular weight is 386 g/mol. The molecule has 0 aliphatic heterocycles. The number of benzene rings is 1. The zero-order valence-electron chi connectivity index (χ0n) is 14.1. The van der Waals surface area contributed by atoms with Crippen molar-refractivity contribution < 1.29 is 18.3 Å². The van der Waals surface area contributed by atoms with E-state index in [0.29, 0.717) is 18.0 Å². The number of aliphatic carboxylic acids is 1. The number of carbonyl (C=O) groups is 1. The first kappa shape index (κ1) is 19.9. The quantitative estimate of drug-likeness (QED) is 0.629. The van der Waals surface area contributed by atoms with E-state index in [9.17, 15) is 13.2 Å². The van der Waals surface area contributed by atoms with Crippen LogP contribution >= 0.6 is 11.6 Å². The van der Waals surface area contributed by atoms with Crippen LogP contribution in [0.25, 0.3) is 0 Å². The summed E-state index contributed by atoms with van der Waals surface area (Å²) in [7, 11) is -3.56. The van der Waals surface area contributed by atoms with Gasteiger partial charge in [0.25, 0.3) is 0 Å². The summed E-state index contributed by atoms with van der Waals surface area (Å²) in [5, 5.41) is 9.15. The van der Waals surface area contributed by atoms with E-state index in [1.807, 2.05) is 12.2 Å². The number of carboxylic acids is 1. The number of halogens is 1. The van der Waals surface area contributed by atoms with Gasteiger partial charge in [-0.3, -0.25) is 4.79 Å². The van der Waals surface area contributed by atoms with Gasteiger partial charge in [-0.2, -0.15) is 0 Å². The van der Waals surface area contributed by atoms with Crippen LogP contribution in [-0.4, -0.2) is 26.0 Å². The topological polar surface area (TPSA) is 83.5 Å². The highest BCUT2D eigenvalue weighted by molar-refractivity contribution is 7.89. The maximum Gasteiger partial charge on any atom is 0.303 e. The second-order valence-electron chi connectivity index (χ2n) is 6.59. The van der Waals surface area contributed by atoms with Gasteiger partial charge in [0.15, 0.2) is 0 Å². The Morgan fingerprint density at radius 1 is 1.20 bits per heavy atom. The Kier molecular flexibility index (Phi) is 7.04. The maximum absolute atomic E-state index is 12.5. The maximum atomic E-state index is 12.5. The lowest BCUT2D eigenvalue weighted by Gasteiger charge is -2.28. The van der Waals surface area contributed by atoms with E-state index >= 15 is 0 Å². The molecule has 5 nitrogen and oxygen atoms in total. The highest BCUT2D eigenvalue weighted by Crippen LogP contribution is 2.41. The molecule has 1 saturated carbocycles. The van der Waals surface area contributed by atoms with Crippen molar-refractivity contribution in [1.82, 2.24) is 4.72 Å². The van der Waals surface area contributed by atoms with E-state index in [1.165, 1.54) is 12.1 Å². The van der Waals surface area contributed by atoms with Crippen LogP contribution in [0.4, 0.5) is 0 Å². The zero-order valence-corrected chi connectivity index (χ0v) is 15.7. The van der Waals surface area contributed by atoms with E-state index < -0.39 is 16.0 Å². The molecule has 1 aliphatic carbocycles. The van der Waals surface area contributed by atoms with Crippen molar-refractivity contribution in [2.45, 2.75) is 49.8 Å². The van der Waals surface area contributed by atoms with E-state index in [4.69, 9.17) is 16.7 Å². The third-order valence-electron chi connectivity index (χ3n) is 4.67. The molecule has 1 aliphatic rings. The third-order valence-corrected chi connectivity index (χ3v) is 6.34. The van der Waals surface area contributed by atoms with Crippen molar-refractivity contribution in [2.24, 2.45) is 5.41 Å². The molecule has 0 aromatic heterocycles. The van der Waals surface area contributed by atoms with Gasteiger partial charge in [0.1, 0.15) is 0 Å². The summed E-state index contributed by atoms with van der Waals surface area (Å²) in [6.45, 7) is 0.390. The predicted octanol–water partition coefficient (Wildman–Crippen LogP) is 3.99. The Hall–Kier alpha value is -1.37. The SMILES string of the molecule is O=C(O)CC/C=C\CC1(CNS(=O)(=O)c2ccc(Cl)cc2)CCCC1. The monoisotopic (exact) mass is 385 g/mol. The van der Waals surface area contributed by atoms with Crippen molar-refractivity contribution >= 4 is 27.6 Å². The van der Waals surface area contributed by atoms with Gasteiger partial charge in [-0.15, -0.1) is 0 Å². The first-order chi connectivity index (χ1) is 11.8. The summed E-state index contributed by atoms with van der Waals surface area (Å²) in [6.07, 6.45) is 9.37. The second-order valence-corrected chi connectivity index (χ2v) is 8.80. The second kappa shape index (κ2) is 8.83. The molecular weight excluding hydrogens is 362 g/mol. The summed E-state index contributed by atoms with van der Waals surface area (Å²) in [5.41, 5.74) is -0.0841. The molecule has 0 bridgehead atoms. The first-order valence-electron chi connectivity index (χ1n) is 8.45. The minimum absolute atomic E-state index is 0.0841. The van der Waals surface area contributed by atoms with Crippen molar-refractivity contribution in [3.8, 4) is 0 Å². The lowest BCUT2D eigenvalue weighted by molar-refractivity contribution is -0.136. The smallest absolute Gasteiger partial charge is 0.303 e. The molecule has 0 amide bonds. The van der Waals surface area contributed by atoms with Crippen molar-refractivity contribution in [3.63, 3.8) is 0 Å². The van der Waals surface area contributed by atoms with Crippen LogP contribution in [0.3, 0.4) is 0 Å². The van der Waals surface area contributed by atoms with Crippen molar-refractivity contribution in [2.75, 3.05) is 6.54 Å². The number of carboxylic acid groups (broad SMARTS) is 1. The fraction of sp³-hybridized carbons (Fsp3) is 0.500. The Morgan fingerprint density at radius 2 is 1.84 bits per heavy atom. The number of sulfonamides is 1. The molecule has 0 spiro atoms. The number of hydrogen-bond donors (Lipinski definition) is 2. The van der Waals surface area contributed by atoms with Gasteiger partial charge in [0, 0.05) is 18.0 Å². The third kappa shape index (κ3) is 6.13. The molecule has 138 valence electrons. The molecule has 2 N–H and O–H groups in total. The summed E-state index contributed by atoms with van der Waals surface area (Å²) in [6, 6.07) is 6.12. The molecule has 0 heterocycles. The minimum atomic E-state index is -3.56. The van der Waals surface area contributed by atoms with Crippen molar-refractivity contribution in [1.29, 1.82) is 0 Å². The molecule has 0 radical (unpaired) electrons. The summed E-state index contributed by atoms with van der Waals surface area (Å²) < 4.78 is 27.7. The van der Waals surface area contributed by atoms with Crippen LogP contribution in [-0.2, 0) is 14.8 Å². The van der Waals surface area contributed by atoms with Gasteiger partial charge in [0.2, 0.25) is 10.0 Å². The van der Waals surface area contributed by atoms with E-state index in [-0.39, 0.29) is 16.7 Å². The minimum Gasteiger partial charge on any atom is -0.481 e. The lowest BCUT2D eigenvalue weighted by atomic mass is 9.83. The standard InChI is InChI=1S/C18H24ClNO4S/c19-15-7-9-16(10-8-15)25(23,24)20-14-18(12-4-5-13-18)11-3-1-2-6-17(21)22/h1,3,7-10,20H,2,4-6,11-14H2,(H,21,22)/b3-1-. The zero-order chi connectivity index (χ0) is 18.3. The fourth-order valence-electron chi connectivity index (χ4n) is 3.18. The molecule has 25 heavy (non-hydrogen) atoms. The Balaban J connectivity index is 1.96. The van der Waals surface area contributed by atoms with Crippen LogP contribution in [0, 0.1) is 5.41 Å². The highest BCUT2D eigenvalue weighted by atomic mass is 35.5. The van der Waals surface area contributed by atoms with Gasteiger partial charge in [-0.1, -0.05) is 36.6 Å². The summed E-state index contributed by atoms with van der Waals surface area (Å²) in [5.74, 6) is -0.809. The number of rotatable bonds is 9. The van der Waals surface area contributed by atoms with E-state index in [2.05, 4.69) is 4.72 Å². The molecule has 1 fully saturated rings. The molecule has 1 aromatic carbocycles. The van der Waals surface area contributed by atoms with E-state index in [1.54, 1.807) is 12.1 Å². The molecule has 1 aromatic rings. The summed E-state index contributed by atoms with van der Waals surface area (Å²) >= 11 is 5.81. The van der Waals surface area contributed by atoms with Crippen molar-refractivity contribution in [3.05, 3.63) is 41.4 Å². The predicted molar refractivity (Wildman–Crippen MR) is 98.2 cm³/mol. The van der Waals surface area contributed by atoms with Gasteiger partial charge < -0.3 is 5.11 Å². The van der Waals surface area contributed by atoms with Gasteiger partial charge in [-0.25, -0.2) is 13.1 Å². The highest BCUT2D eigenvalue weighted by Gasteiger charge is 2.34. The number of allylic oxidation sites excluding steroid dienone is 2. The van der Waals surface area contributed by atoms with Crippen LogP contribution in [0.5, 0.6) is 0 Å². The largest absolute Gasteiger partial charge is 0.481 e. The lowest BCUT2D eigenvalue weighted by Crippen LogP contribution is -2.35. The number of nitrogens with one attached hydrogen (secondary N) is 1. The molecule has 0 saturated heterocycles. The molecular formula is C18H24ClNO4S. The van der Waals surface area contributed by atoms with E-state index in [0.717, 1.165) is 32.1 Å². The Labute approximate surface area is 154 Å². The van der Waals surface area contributed by atoms with Gasteiger partial charge >= 0.3 is 5.97 Å². The normalized spacial score (nSPS) is 17.2. The molecule has 0 atom stereocenters. The van der Waals surface area contributed by atoms with Crippen LogP contribution < -0.4 is 4.72 Å². The number of hydrogen-bond acceptors (Lipinski definition) is 3. The fourth-order valence-corrected chi connectivity index (χ4v) is 4.46. The molecule has 7 heteroatoms. The molecule has 0 unspecified atom stereocenters. The van der Waals surface area contributed by atoms with Crippen LogP contribution in [0.1, 0.15) is 44.9 Å². The van der Waals surface area contributed by atoms with Crippen LogP contribution in [0.2, 0.25) is 5.02 Å². The Morgan fingerprint density at radius 3 is 2.44 bits per heavy atom. The average Bonchev–Trinajstić information content (AvgIpc) is 3.02. The first-order valence-corrected chi connectivity index (χ1v) is 10.3. The van der Waals surface area contributed by atoms with Gasteiger partial charge in [0.05, 0.1) is 4.90 Å². The van der Waals surface area contributed by atoms with Crippen LogP contribution in [0.15, 0.2) is 41.3 Å². The molecule has 2 rings (SSSR count). The van der Waals surface area contributed by atoms with Gasteiger partial charge in [-0.05, 0) is 55.4 Å². The summed E-state index contributed by atoms with van der Waals surface area (Å²) in [4.78, 5) is 10.7.